The topological polar surface area (TPSA) is 29.5 Å². The molecule has 0 aromatic heterocycles. The molecule has 0 aromatic rings. The molecule has 0 aliphatic rings. The number of aliphatic hydroxyl groups is 1. The zero-order chi connectivity index (χ0) is 17.6. The van der Waals surface area contributed by atoms with Gasteiger partial charge in [0.05, 0.1) is 0 Å². The van der Waals surface area contributed by atoms with E-state index in [1.54, 1.807) is 0 Å². The highest BCUT2D eigenvalue weighted by Gasteiger charge is 1.87. The Labute approximate surface area is 149 Å². The van der Waals surface area contributed by atoms with Crippen molar-refractivity contribution < 1.29 is 9.84 Å². The van der Waals surface area contributed by atoms with Gasteiger partial charge >= 0.3 is 0 Å². The normalized spacial score (nSPS) is 12.9. The molecule has 0 atom stereocenters. The largest absolute Gasteiger partial charge is 0.371 e. The summed E-state index contributed by atoms with van der Waals surface area (Å²) in [4.78, 5) is 0. The highest BCUT2D eigenvalue weighted by Crippen LogP contribution is 2.02. The first-order valence-corrected chi connectivity index (χ1v) is 9.35. The van der Waals surface area contributed by atoms with Gasteiger partial charge in [0.15, 0.2) is 0 Å². The summed E-state index contributed by atoms with van der Waals surface area (Å²) in [7, 11) is 0. The summed E-state index contributed by atoms with van der Waals surface area (Å²) in [6.45, 7) is 2.67. The summed E-state index contributed by atoms with van der Waals surface area (Å²) in [5.74, 6) is 0. The van der Waals surface area contributed by atoms with E-state index < -0.39 is 0 Å². The molecular formula is C22H36O2. The highest BCUT2D eigenvalue weighted by molar-refractivity contribution is 5.00. The molecule has 0 amide bonds. The van der Waals surface area contributed by atoms with Crippen LogP contribution in [0.1, 0.15) is 64.7 Å². The van der Waals surface area contributed by atoms with Crippen LogP contribution in [0.15, 0.2) is 60.8 Å². The number of hydrogen-bond acceptors (Lipinski definition) is 2. The molecule has 0 bridgehead atoms. The average molecular weight is 333 g/mol. The SMILES string of the molecule is CC/C=C\C/C=C\C/C=C\C/C=C\C/C=C\CCCCCOCO. The molecule has 136 valence electrons. The molecule has 0 unspecified atom stereocenters. The number of aliphatic hydroxyl groups excluding tert-OH is 1. The maximum Gasteiger partial charge on any atom is 0.143 e. The lowest BCUT2D eigenvalue weighted by molar-refractivity contribution is -0.00278. The van der Waals surface area contributed by atoms with E-state index in [4.69, 9.17) is 9.84 Å². The molecule has 0 heterocycles. The van der Waals surface area contributed by atoms with Crippen LogP contribution in [0.2, 0.25) is 0 Å². The van der Waals surface area contributed by atoms with Crippen molar-refractivity contribution in [3.8, 4) is 0 Å². The zero-order valence-corrected chi connectivity index (χ0v) is 15.4. The van der Waals surface area contributed by atoms with Crippen LogP contribution in [0.5, 0.6) is 0 Å². The number of unbranched alkanes of at least 4 members (excludes halogenated alkanes) is 3. The van der Waals surface area contributed by atoms with E-state index in [9.17, 15) is 0 Å². The maximum absolute atomic E-state index is 8.47. The Morgan fingerprint density at radius 3 is 1.62 bits per heavy atom. The Morgan fingerprint density at radius 1 is 0.625 bits per heavy atom. The van der Waals surface area contributed by atoms with E-state index in [-0.39, 0.29) is 6.79 Å². The van der Waals surface area contributed by atoms with E-state index in [0.717, 1.165) is 51.4 Å². The van der Waals surface area contributed by atoms with Crippen LogP contribution in [-0.4, -0.2) is 18.5 Å². The molecule has 0 saturated carbocycles. The van der Waals surface area contributed by atoms with Crippen LogP contribution in [0, 0.1) is 0 Å². The lowest BCUT2D eigenvalue weighted by Gasteiger charge is -1.98. The summed E-state index contributed by atoms with van der Waals surface area (Å²) in [6.07, 6.45) is 32.0. The second kappa shape index (κ2) is 21.6. The predicted molar refractivity (Wildman–Crippen MR) is 106 cm³/mol. The maximum atomic E-state index is 8.47. The Bertz CT molecular complexity index is 375. The van der Waals surface area contributed by atoms with Crippen molar-refractivity contribution >= 4 is 0 Å². The van der Waals surface area contributed by atoms with Crippen LogP contribution in [0.25, 0.3) is 0 Å². The van der Waals surface area contributed by atoms with Crippen molar-refractivity contribution in [1.82, 2.24) is 0 Å². The smallest absolute Gasteiger partial charge is 0.143 e. The molecule has 0 fully saturated rings. The van der Waals surface area contributed by atoms with Gasteiger partial charge in [-0.3, -0.25) is 0 Å². The number of ether oxygens (including phenoxy) is 1. The molecule has 0 spiro atoms. The second-order valence-corrected chi connectivity index (χ2v) is 5.59. The summed E-state index contributed by atoms with van der Waals surface area (Å²) in [5, 5.41) is 8.47. The number of allylic oxidation sites excluding steroid dienone is 10. The van der Waals surface area contributed by atoms with Gasteiger partial charge in [-0.05, 0) is 51.4 Å². The number of hydrogen-bond donors (Lipinski definition) is 1. The molecular weight excluding hydrogens is 296 g/mol. The van der Waals surface area contributed by atoms with Gasteiger partial charge < -0.3 is 9.84 Å². The zero-order valence-electron chi connectivity index (χ0n) is 15.4. The van der Waals surface area contributed by atoms with Gasteiger partial charge in [-0.15, -0.1) is 0 Å². The van der Waals surface area contributed by atoms with Crippen molar-refractivity contribution in [2.24, 2.45) is 0 Å². The third-order valence-corrected chi connectivity index (χ3v) is 3.41. The predicted octanol–water partition coefficient (Wildman–Crippen LogP) is 6.26. The van der Waals surface area contributed by atoms with Gasteiger partial charge in [0.25, 0.3) is 0 Å². The minimum Gasteiger partial charge on any atom is -0.371 e. The Hall–Kier alpha value is -1.38. The van der Waals surface area contributed by atoms with Crippen LogP contribution in [0.4, 0.5) is 0 Å². The van der Waals surface area contributed by atoms with Gasteiger partial charge in [-0.2, -0.15) is 0 Å². The lowest BCUT2D eigenvalue weighted by Crippen LogP contribution is -1.94. The molecule has 0 rings (SSSR count). The lowest BCUT2D eigenvalue weighted by atomic mass is 10.2. The summed E-state index contributed by atoms with van der Waals surface area (Å²) in [6, 6.07) is 0. The summed E-state index contributed by atoms with van der Waals surface area (Å²) < 4.78 is 4.88. The molecule has 0 aliphatic carbocycles. The standard InChI is InChI=1S/C22H36O2/c1-2-3-4-5-6-7-8-9-10-11-12-13-14-15-16-17-18-19-20-21-24-22-23/h3-4,6-7,9-10,12-13,15-16,23H,2,5,8,11,14,17-22H2,1H3/b4-3-,7-6-,10-9-,13-12-,16-15-. The van der Waals surface area contributed by atoms with Crippen LogP contribution < -0.4 is 0 Å². The van der Waals surface area contributed by atoms with Gasteiger partial charge in [-0.25, -0.2) is 0 Å². The average Bonchev–Trinajstić information content (AvgIpc) is 2.60. The van der Waals surface area contributed by atoms with Crippen molar-refractivity contribution in [2.75, 3.05) is 13.4 Å². The molecule has 0 radical (unpaired) electrons. The van der Waals surface area contributed by atoms with E-state index in [1.807, 2.05) is 0 Å². The van der Waals surface area contributed by atoms with Crippen LogP contribution >= 0.6 is 0 Å². The van der Waals surface area contributed by atoms with E-state index in [0.29, 0.717) is 6.61 Å². The highest BCUT2D eigenvalue weighted by atomic mass is 16.6. The molecule has 0 aliphatic heterocycles. The third kappa shape index (κ3) is 20.6. The van der Waals surface area contributed by atoms with Crippen molar-refractivity contribution in [3.05, 3.63) is 60.8 Å². The van der Waals surface area contributed by atoms with Gasteiger partial charge in [-0.1, -0.05) is 74.1 Å². The first-order chi connectivity index (χ1) is 11.9. The summed E-state index contributed by atoms with van der Waals surface area (Å²) in [5.41, 5.74) is 0. The number of rotatable bonds is 16. The molecule has 2 nitrogen and oxygen atoms in total. The Balaban J connectivity index is 3.37. The second-order valence-electron chi connectivity index (χ2n) is 5.59. The van der Waals surface area contributed by atoms with Gasteiger partial charge in [0.1, 0.15) is 6.79 Å². The molecule has 24 heavy (non-hydrogen) atoms. The fourth-order valence-corrected chi connectivity index (χ4v) is 2.08. The molecule has 0 aromatic carbocycles. The first kappa shape index (κ1) is 22.6. The minimum absolute atomic E-state index is 0.158. The van der Waals surface area contributed by atoms with Crippen LogP contribution in [0.3, 0.4) is 0 Å². The van der Waals surface area contributed by atoms with Gasteiger partial charge in [0, 0.05) is 6.61 Å². The monoisotopic (exact) mass is 332 g/mol. The van der Waals surface area contributed by atoms with Gasteiger partial charge in [0.2, 0.25) is 0 Å². The molecule has 0 saturated heterocycles. The van der Waals surface area contributed by atoms with Crippen LogP contribution in [-0.2, 0) is 4.74 Å². The fraction of sp³-hybridized carbons (Fsp3) is 0.545. The third-order valence-electron chi connectivity index (χ3n) is 3.41. The van der Waals surface area contributed by atoms with Crippen molar-refractivity contribution in [3.63, 3.8) is 0 Å². The van der Waals surface area contributed by atoms with E-state index in [2.05, 4.69) is 67.7 Å². The summed E-state index contributed by atoms with van der Waals surface area (Å²) >= 11 is 0. The minimum atomic E-state index is -0.158. The molecule has 1 N–H and O–H groups in total. The Morgan fingerprint density at radius 2 is 1.12 bits per heavy atom. The quantitative estimate of drug-likeness (QED) is 0.205. The van der Waals surface area contributed by atoms with E-state index >= 15 is 0 Å². The van der Waals surface area contributed by atoms with Crippen molar-refractivity contribution in [2.45, 2.75) is 64.7 Å². The first-order valence-electron chi connectivity index (χ1n) is 9.35. The Kier molecular flexibility index (Phi) is 20.4. The fourth-order valence-electron chi connectivity index (χ4n) is 2.08. The molecule has 2 heteroatoms. The van der Waals surface area contributed by atoms with Crippen molar-refractivity contribution in [1.29, 1.82) is 0 Å². The van der Waals surface area contributed by atoms with E-state index in [1.165, 1.54) is 6.42 Å².